The molecule has 3 heteroatoms. The molecule has 0 saturated heterocycles. The molecule has 0 amide bonds. The van der Waals surface area contributed by atoms with E-state index in [-0.39, 0.29) is 5.60 Å². The van der Waals surface area contributed by atoms with E-state index in [9.17, 15) is 4.79 Å². The van der Waals surface area contributed by atoms with E-state index in [1.54, 1.807) is 13.0 Å². The van der Waals surface area contributed by atoms with Crippen LogP contribution in [0.15, 0.2) is 41.5 Å². The van der Waals surface area contributed by atoms with E-state index >= 15 is 0 Å². The molecule has 2 rings (SSSR count). The smallest absolute Gasteiger partial charge is 0.328 e. The van der Waals surface area contributed by atoms with Crippen LogP contribution in [0.2, 0.25) is 0 Å². The molecule has 0 radical (unpaired) electrons. The summed E-state index contributed by atoms with van der Waals surface area (Å²) < 4.78 is 6.30. The highest BCUT2D eigenvalue weighted by Crippen LogP contribution is 2.41. The lowest BCUT2D eigenvalue weighted by Crippen LogP contribution is -2.33. The lowest BCUT2D eigenvalue weighted by atomic mass is 9.85. The van der Waals surface area contributed by atoms with Gasteiger partial charge in [0.1, 0.15) is 11.4 Å². The quantitative estimate of drug-likeness (QED) is 0.484. The molecule has 3 nitrogen and oxygen atoms in total. The molecule has 1 heterocycles. The van der Waals surface area contributed by atoms with Crippen LogP contribution < -0.4 is 4.74 Å². The molecule has 0 bridgehead atoms. The van der Waals surface area contributed by atoms with E-state index in [1.807, 2.05) is 19.1 Å². The van der Waals surface area contributed by atoms with E-state index in [0.29, 0.717) is 5.57 Å². The van der Waals surface area contributed by atoms with E-state index in [0.717, 1.165) is 24.2 Å². The Labute approximate surface area is 169 Å². The van der Waals surface area contributed by atoms with Crippen LogP contribution in [-0.4, -0.2) is 16.7 Å². The maximum Gasteiger partial charge on any atom is 0.328 e. The molecule has 1 aliphatic rings. The minimum atomic E-state index is -0.927. The molecule has 150 valence electrons. The lowest BCUT2D eigenvalue weighted by molar-refractivity contribution is -0.131. The summed E-state index contributed by atoms with van der Waals surface area (Å²) in [5.41, 5.74) is 8.08. The standard InChI is InChI=1S/C25H32O3/c1-16(9-8-10-17(2)15-23(26)27)11-12-21-18(3)19(4)24-22(20(21)5)13-14-25(6,7)28-24/h8-12,15H,13-14H2,1-7H3,(H,26,27)/b10-8+,12-11+,16-9+,17-15+. The van der Waals surface area contributed by atoms with Crippen molar-refractivity contribution in [3.05, 3.63) is 69.3 Å². The van der Waals surface area contributed by atoms with Gasteiger partial charge in [0, 0.05) is 6.08 Å². The Morgan fingerprint density at radius 2 is 1.71 bits per heavy atom. The Hall–Kier alpha value is -2.55. The molecular formula is C25H32O3. The maximum absolute atomic E-state index is 10.6. The fourth-order valence-corrected chi connectivity index (χ4v) is 3.52. The number of fused-ring (bicyclic) bond motifs is 1. The van der Waals surface area contributed by atoms with Gasteiger partial charge in [-0.2, -0.15) is 0 Å². The number of carboxylic acids is 1. The third kappa shape index (κ3) is 5.25. The first kappa shape index (κ1) is 21.7. The molecule has 0 saturated carbocycles. The molecule has 1 aliphatic heterocycles. The van der Waals surface area contributed by atoms with E-state index in [4.69, 9.17) is 9.84 Å². The van der Waals surface area contributed by atoms with Crippen LogP contribution in [0.5, 0.6) is 5.75 Å². The second-order valence-electron chi connectivity index (χ2n) is 8.29. The normalized spacial score (nSPS) is 17.1. The van der Waals surface area contributed by atoms with Crippen molar-refractivity contribution in [3.8, 4) is 5.75 Å². The first-order valence-corrected chi connectivity index (χ1v) is 9.78. The largest absolute Gasteiger partial charge is 0.487 e. The predicted molar refractivity (Wildman–Crippen MR) is 117 cm³/mol. The summed E-state index contributed by atoms with van der Waals surface area (Å²) in [7, 11) is 0. The van der Waals surface area contributed by atoms with Gasteiger partial charge in [0.15, 0.2) is 0 Å². The molecule has 0 spiro atoms. The fraction of sp³-hybridized carbons (Fsp3) is 0.400. The van der Waals surface area contributed by atoms with Crippen LogP contribution in [0.3, 0.4) is 0 Å². The van der Waals surface area contributed by atoms with Crippen LogP contribution >= 0.6 is 0 Å². The third-order valence-electron chi connectivity index (χ3n) is 5.38. The highest BCUT2D eigenvalue weighted by Gasteiger charge is 2.30. The molecule has 0 aromatic heterocycles. The van der Waals surface area contributed by atoms with Gasteiger partial charge in [-0.15, -0.1) is 0 Å². The van der Waals surface area contributed by atoms with Crippen LogP contribution in [0.1, 0.15) is 61.9 Å². The third-order valence-corrected chi connectivity index (χ3v) is 5.38. The van der Waals surface area contributed by atoms with Crippen molar-refractivity contribution in [2.45, 2.75) is 66.9 Å². The summed E-state index contributed by atoms with van der Waals surface area (Å²) in [5, 5.41) is 8.74. The van der Waals surface area contributed by atoms with Gasteiger partial charge in [0.05, 0.1) is 0 Å². The Bertz CT molecular complexity index is 893. The van der Waals surface area contributed by atoms with E-state index in [1.165, 1.54) is 33.9 Å². The summed E-state index contributed by atoms with van der Waals surface area (Å²) in [6, 6.07) is 0. The number of ether oxygens (including phenoxy) is 1. The molecule has 0 aliphatic carbocycles. The number of carboxylic acid groups (broad SMARTS) is 1. The molecule has 0 atom stereocenters. The van der Waals surface area contributed by atoms with Gasteiger partial charge in [-0.1, -0.05) is 36.0 Å². The average Bonchev–Trinajstić information content (AvgIpc) is 2.58. The summed E-state index contributed by atoms with van der Waals surface area (Å²) >= 11 is 0. The molecule has 28 heavy (non-hydrogen) atoms. The Morgan fingerprint density at radius 3 is 2.36 bits per heavy atom. The minimum Gasteiger partial charge on any atom is -0.487 e. The average molecular weight is 381 g/mol. The van der Waals surface area contributed by atoms with Crippen molar-refractivity contribution in [2.24, 2.45) is 0 Å². The van der Waals surface area contributed by atoms with Crippen LogP contribution in [-0.2, 0) is 11.2 Å². The molecule has 0 fully saturated rings. The molecule has 1 aromatic rings. The summed E-state index contributed by atoms with van der Waals surface area (Å²) in [6.07, 6.45) is 13.2. The first-order valence-electron chi connectivity index (χ1n) is 9.78. The van der Waals surface area contributed by atoms with Crippen LogP contribution in [0.4, 0.5) is 0 Å². The number of aliphatic carboxylic acids is 1. The zero-order chi connectivity index (χ0) is 21.1. The summed E-state index contributed by atoms with van der Waals surface area (Å²) in [6.45, 7) is 14.6. The van der Waals surface area contributed by atoms with Crippen molar-refractivity contribution in [1.29, 1.82) is 0 Å². The molecule has 0 unspecified atom stereocenters. The van der Waals surface area contributed by atoms with Gasteiger partial charge in [0.25, 0.3) is 0 Å². The Balaban J connectivity index is 2.29. The molecule has 1 N–H and O–H groups in total. The van der Waals surface area contributed by atoms with Gasteiger partial charge >= 0.3 is 5.97 Å². The van der Waals surface area contributed by atoms with Crippen molar-refractivity contribution >= 4 is 12.0 Å². The van der Waals surface area contributed by atoms with Gasteiger partial charge in [-0.3, -0.25) is 0 Å². The van der Waals surface area contributed by atoms with Gasteiger partial charge in [-0.05, 0) is 94.7 Å². The van der Waals surface area contributed by atoms with E-state index in [2.05, 4.69) is 46.8 Å². The van der Waals surface area contributed by atoms with E-state index < -0.39 is 5.97 Å². The van der Waals surface area contributed by atoms with Crippen molar-refractivity contribution < 1.29 is 14.6 Å². The zero-order valence-corrected chi connectivity index (χ0v) is 18.1. The Kier molecular flexibility index (Phi) is 6.71. The van der Waals surface area contributed by atoms with Crippen LogP contribution in [0.25, 0.3) is 6.08 Å². The number of carbonyl (C=O) groups is 1. The second-order valence-corrected chi connectivity index (χ2v) is 8.29. The first-order chi connectivity index (χ1) is 13.0. The topological polar surface area (TPSA) is 46.5 Å². The molecule has 1 aromatic carbocycles. The summed E-state index contributed by atoms with van der Waals surface area (Å²) in [5.74, 6) is 0.142. The fourth-order valence-electron chi connectivity index (χ4n) is 3.52. The monoisotopic (exact) mass is 380 g/mol. The minimum absolute atomic E-state index is 0.104. The van der Waals surface area contributed by atoms with Crippen molar-refractivity contribution in [2.75, 3.05) is 0 Å². The van der Waals surface area contributed by atoms with Crippen LogP contribution in [0, 0.1) is 20.8 Å². The van der Waals surface area contributed by atoms with Crippen molar-refractivity contribution in [1.82, 2.24) is 0 Å². The highest BCUT2D eigenvalue weighted by atomic mass is 16.5. The lowest BCUT2D eigenvalue weighted by Gasteiger charge is -2.35. The highest BCUT2D eigenvalue weighted by molar-refractivity contribution is 5.81. The zero-order valence-electron chi connectivity index (χ0n) is 18.1. The Morgan fingerprint density at radius 1 is 1.04 bits per heavy atom. The SMILES string of the molecule is CC(/C=C/c1c(C)c(C)c2c(c1C)CCC(C)(C)O2)=C\C=C\C(C)=C\C(=O)O. The number of hydrogen-bond acceptors (Lipinski definition) is 2. The number of rotatable bonds is 5. The van der Waals surface area contributed by atoms with Crippen molar-refractivity contribution in [3.63, 3.8) is 0 Å². The number of hydrogen-bond donors (Lipinski definition) is 1. The van der Waals surface area contributed by atoms with Gasteiger partial charge in [0.2, 0.25) is 0 Å². The number of allylic oxidation sites excluding steroid dienone is 6. The van der Waals surface area contributed by atoms with Gasteiger partial charge in [-0.25, -0.2) is 4.79 Å². The summed E-state index contributed by atoms with van der Waals surface area (Å²) in [4.78, 5) is 10.6. The maximum atomic E-state index is 10.6. The van der Waals surface area contributed by atoms with Gasteiger partial charge < -0.3 is 9.84 Å². The number of benzene rings is 1. The molecular weight excluding hydrogens is 348 g/mol. The predicted octanol–water partition coefficient (Wildman–Crippen LogP) is 6.26. The second kappa shape index (κ2) is 8.64.